The molecule has 1 rings (SSSR count). The molecule has 0 amide bonds. The zero-order valence-electron chi connectivity index (χ0n) is 8.40. The van der Waals surface area contributed by atoms with E-state index in [1.165, 1.54) is 7.11 Å². The van der Waals surface area contributed by atoms with Gasteiger partial charge in [0, 0.05) is 24.6 Å². The summed E-state index contributed by atoms with van der Waals surface area (Å²) in [7, 11) is 3.30. The first kappa shape index (κ1) is 11.1. The molecule has 0 unspecified atom stereocenters. The lowest BCUT2D eigenvalue weighted by molar-refractivity contribution is -0.140. The average molecular weight is 214 g/mol. The highest BCUT2D eigenvalue weighted by Crippen LogP contribution is 2.17. The third kappa shape index (κ3) is 3.83. The molecule has 0 bridgehead atoms. The molecule has 0 aliphatic heterocycles. The van der Waals surface area contributed by atoms with E-state index in [-0.39, 0.29) is 5.97 Å². The molecule has 78 valence electrons. The van der Waals surface area contributed by atoms with Crippen LogP contribution in [-0.2, 0) is 16.6 Å². The number of carbonyl (C=O) groups excluding carboxylic acids is 1. The fourth-order valence-electron chi connectivity index (χ4n) is 0.982. The number of hydrogen-bond donors (Lipinski definition) is 0. The minimum Gasteiger partial charge on any atom is -0.469 e. The Kier molecular flexibility index (Phi) is 4.52. The highest BCUT2D eigenvalue weighted by molar-refractivity contribution is 7.99. The van der Waals surface area contributed by atoms with E-state index < -0.39 is 0 Å². The van der Waals surface area contributed by atoms with Crippen molar-refractivity contribution in [3.63, 3.8) is 0 Å². The number of rotatable bonds is 5. The molecule has 1 heterocycles. The van der Waals surface area contributed by atoms with Gasteiger partial charge in [0.05, 0.1) is 13.3 Å². The maximum Gasteiger partial charge on any atom is 0.305 e. The third-order valence-corrected chi connectivity index (χ3v) is 2.74. The number of thioether (sulfide) groups is 1. The van der Waals surface area contributed by atoms with Crippen LogP contribution < -0.4 is 0 Å². The van der Waals surface area contributed by atoms with Crippen LogP contribution in [0.15, 0.2) is 17.3 Å². The van der Waals surface area contributed by atoms with Gasteiger partial charge in [0.2, 0.25) is 0 Å². The molecule has 0 saturated heterocycles. The summed E-state index contributed by atoms with van der Waals surface area (Å²) in [5.74, 6) is 0.776. The first-order chi connectivity index (χ1) is 6.72. The predicted octanol–water partition coefficient (Wildman–Crippen LogP) is 1.47. The van der Waals surface area contributed by atoms with E-state index in [2.05, 4.69) is 9.84 Å². The lowest BCUT2D eigenvalue weighted by Crippen LogP contribution is -1.99. The molecule has 0 spiro atoms. The van der Waals surface area contributed by atoms with Gasteiger partial charge in [0.1, 0.15) is 0 Å². The summed E-state index contributed by atoms with van der Waals surface area (Å²) in [6.07, 6.45) is 5.11. The van der Waals surface area contributed by atoms with Gasteiger partial charge in [-0.05, 0) is 12.2 Å². The number of hydrogen-bond acceptors (Lipinski definition) is 4. The second-order valence-electron chi connectivity index (χ2n) is 2.88. The molecular weight excluding hydrogens is 200 g/mol. The molecule has 1 aromatic rings. The average Bonchev–Trinajstić information content (AvgIpc) is 2.58. The van der Waals surface area contributed by atoms with Gasteiger partial charge in [0.25, 0.3) is 0 Å². The maximum atomic E-state index is 10.8. The fourth-order valence-corrected chi connectivity index (χ4v) is 1.86. The summed E-state index contributed by atoms with van der Waals surface area (Å²) in [4.78, 5) is 11.9. The number of nitrogens with zero attached hydrogens (tertiary/aromatic N) is 2. The third-order valence-electron chi connectivity index (χ3n) is 1.70. The number of aryl methyl sites for hydroxylation is 1. The summed E-state index contributed by atoms with van der Waals surface area (Å²) < 4.78 is 6.31. The molecule has 0 fully saturated rings. The van der Waals surface area contributed by atoms with E-state index in [1.54, 1.807) is 16.4 Å². The van der Waals surface area contributed by atoms with Gasteiger partial charge in [-0.3, -0.25) is 9.48 Å². The van der Waals surface area contributed by atoms with Crippen LogP contribution in [0.3, 0.4) is 0 Å². The van der Waals surface area contributed by atoms with Crippen LogP contribution in [0.5, 0.6) is 0 Å². The van der Waals surface area contributed by atoms with Crippen LogP contribution in [0.25, 0.3) is 0 Å². The Morgan fingerprint density at radius 1 is 1.71 bits per heavy atom. The summed E-state index contributed by atoms with van der Waals surface area (Å²) in [5, 5.41) is 4.05. The molecule has 0 aliphatic carbocycles. The topological polar surface area (TPSA) is 44.1 Å². The van der Waals surface area contributed by atoms with Crippen molar-refractivity contribution in [2.45, 2.75) is 17.7 Å². The molecule has 0 aromatic carbocycles. The smallest absolute Gasteiger partial charge is 0.305 e. The Bertz CT molecular complexity index is 299. The Labute approximate surface area is 87.6 Å². The van der Waals surface area contributed by atoms with Crippen molar-refractivity contribution >= 4 is 17.7 Å². The minimum absolute atomic E-state index is 0.142. The van der Waals surface area contributed by atoms with Gasteiger partial charge in [-0.25, -0.2) is 0 Å². The Balaban J connectivity index is 2.13. The normalized spacial score (nSPS) is 10.1. The van der Waals surface area contributed by atoms with Crippen molar-refractivity contribution in [3.8, 4) is 0 Å². The predicted molar refractivity (Wildman–Crippen MR) is 55.2 cm³/mol. The van der Waals surface area contributed by atoms with Crippen molar-refractivity contribution in [1.29, 1.82) is 0 Å². The monoisotopic (exact) mass is 214 g/mol. The molecule has 0 N–H and O–H groups in total. The largest absolute Gasteiger partial charge is 0.469 e. The van der Waals surface area contributed by atoms with Gasteiger partial charge >= 0.3 is 5.97 Å². The SMILES string of the molecule is COC(=O)CCCSc1cnn(C)c1. The summed E-state index contributed by atoms with van der Waals surface area (Å²) in [6.45, 7) is 0. The second kappa shape index (κ2) is 5.70. The molecule has 5 heteroatoms. The van der Waals surface area contributed by atoms with E-state index in [0.29, 0.717) is 6.42 Å². The Hall–Kier alpha value is -0.970. The molecule has 0 radical (unpaired) electrons. The quantitative estimate of drug-likeness (QED) is 0.423. The molecule has 0 atom stereocenters. The summed E-state index contributed by atoms with van der Waals surface area (Å²) in [6, 6.07) is 0. The molecule has 0 aliphatic rings. The molecule has 1 aromatic heterocycles. The van der Waals surface area contributed by atoms with Gasteiger partial charge in [-0.15, -0.1) is 11.8 Å². The number of carbonyl (C=O) groups is 1. The van der Waals surface area contributed by atoms with Gasteiger partial charge in [0.15, 0.2) is 0 Å². The van der Waals surface area contributed by atoms with E-state index in [0.717, 1.165) is 17.1 Å². The van der Waals surface area contributed by atoms with Gasteiger partial charge in [-0.1, -0.05) is 0 Å². The van der Waals surface area contributed by atoms with Crippen molar-refractivity contribution in [1.82, 2.24) is 9.78 Å². The molecular formula is C9H14N2O2S. The van der Waals surface area contributed by atoms with Crippen LogP contribution in [0.4, 0.5) is 0 Å². The number of methoxy groups -OCH3 is 1. The van der Waals surface area contributed by atoms with Crippen molar-refractivity contribution in [3.05, 3.63) is 12.4 Å². The van der Waals surface area contributed by atoms with E-state index >= 15 is 0 Å². The van der Waals surface area contributed by atoms with Crippen molar-refractivity contribution < 1.29 is 9.53 Å². The van der Waals surface area contributed by atoms with E-state index in [4.69, 9.17) is 0 Å². The van der Waals surface area contributed by atoms with Gasteiger partial charge < -0.3 is 4.74 Å². The molecule has 4 nitrogen and oxygen atoms in total. The van der Waals surface area contributed by atoms with Crippen LogP contribution in [0, 0.1) is 0 Å². The standard InChI is InChI=1S/C9H14N2O2S/c1-11-7-8(6-10-11)14-5-3-4-9(12)13-2/h6-7H,3-5H2,1-2H3. The van der Waals surface area contributed by atoms with Crippen LogP contribution in [-0.4, -0.2) is 28.6 Å². The zero-order chi connectivity index (χ0) is 10.4. The first-order valence-corrected chi connectivity index (χ1v) is 5.39. The highest BCUT2D eigenvalue weighted by Gasteiger charge is 2.01. The summed E-state index contributed by atoms with van der Waals surface area (Å²) in [5.41, 5.74) is 0. The number of ether oxygens (including phenoxy) is 1. The van der Waals surface area contributed by atoms with Crippen LogP contribution in [0.1, 0.15) is 12.8 Å². The number of esters is 1. The highest BCUT2D eigenvalue weighted by atomic mass is 32.2. The lowest BCUT2D eigenvalue weighted by Gasteiger charge is -1.98. The van der Waals surface area contributed by atoms with E-state index in [9.17, 15) is 4.79 Å². The molecule has 14 heavy (non-hydrogen) atoms. The minimum atomic E-state index is -0.142. The van der Waals surface area contributed by atoms with Gasteiger partial charge in [-0.2, -0.15) is 5.10 Å². The fraction of sp³-hybridized carbons (Fsp3) is 0.556. The Morgan fingerprint density at radius 3 is 3.07 bits per heavy atom. The first-order valence-electron chi connectivity index (χ1n) is 4.40. The van der Waals surface area contributed by atoms with Crippen LogP contribution >= 0.6 is 11.8 Å². The van der Waals surface area contributed by atoms with Crippen molar-refractivity contribution in [2.75, 3.05) is 12.9 Å². The van der Waals surface area contributed by atoms with E-state index in [1.807, 2.05) is 19.4 Å². The second-order valence-corrected chi connectivity index (χ2v) is 4.05. The van der Waals surface area contributed by atoms with Crippen LogP contribution in [0.2, 0.25) is 0 Å². The zero-order valence-corrected chi connectivity index (χ0v) is 9.21. The lowest BCUT2D eigenvalue weighted by atomic mass is 10.3. The van der Waals surface area contributed by atoms with Crippen molar-refractivity contribution in [2.24, 2.45) is 7.05 Å². The Morgan fingerprint density at radius 2 is 2.50 bits per heavy atom. The summed E-state index contributed by atoms with van der Waals surface area (Å²) >= 11 is 1.70. The molecule has 0 saturated carbocycles. The maximum absolute atomic E-state index is 10.8. The number of aromatic nitrogens is 2.